The first kappa shape index (κ1) is 16.1. The third-order valence-electron chi connectivity index (χ3n) is 3.13. The van der Waals surface area contributed by atoms with E-state index >= 15 is 0 Å². The molecule has 2 rings (SSSR count). The second kappa shape index (κ2) is 8.26. The molecule has 2 aromatic rings. The van der Waals surface area contributed by atoms with Crippen LogP contribution in [0.25, 0.3) is 0 Å². The molecule has 0 atom stereocenters. The quantitative estimate of drug-likeness (QED) is 0.883. The Kier molecular flexibility index (Phi) is 5.80. The van der Waals surface area contributed by atoms with Gasteiger partial charge >= 0.3 is 0 Å². The minimum atomic E-state index is -0.219. The van der Waals surface area contributed by atoms with Crippen LogP contribution in [0.15, 0.2) is 48.5 Å². The molecule has 0 radical (unpaired) electrons. The highest BCUT2D eigenvalue weighted by atomic mass is 16.5. The van der Waals surface area contributed by atoms with Gasteiger partial charge < -0.3 is 10.1 Å². The maximum Gasteiger partial charge on any atom is 0.252 e. The summed E-state index contributed by atoms with van der Waals surface area (Å²) in [6, 6.07) is 16.2. The molecule has 4 nitrogen and oxygen atoms in total. The van der Waals surface area contributed by atoms with E-state index in [9.17, 15) is 4.79 Å². The Bertz CT molecular complexity index is 777. The molecule has 0 unspecified atom stereocenters. The summed E-state index contributed by atoms with van der Waals surface area (Å²) in [5, 5.41) is 11.4. The van der Waals surface area contributed by atoms with Crippen molar-refractivity contribution in [1.29, 1.82) is 5.26 Å². The first-order chi connectivity index (χ1) is 11.2. The van der Waals surface area contributed by atoms with Crippen molar-refractivity contribution in [2.24, 2.45) is 0 Å². The maximum atomic E-state index is 11.9. The molecular formula is C19H16N2O2. The van der Waals surface area contributed by atoms with E-state index in [2.05, 4.69) is 17.2 Å². The Morgan fingerprint density at radius 3 is 2.57 bits per heavy atom. The third-order valence-corrected chi connectivity index (χ3v) is 3.13. The normalized spacial score (nSPS) is 9.22. The number of rotatable bonds is 4. The van der Waals surface area contributed by atoms with E-state index in [1.165, 1.54) is 0 Å². The third kappa shape index (κ3) is 4.91. The Morgan fingerprint density at radius 1 is 1.13 bits per heavy atom. The largest absolute Gasteiger partial charge is 0.481 e. The number of carbonyl (C=O) groups is 1. The summed E-state index contributed by atoms with van der Waals surface area (Å²) in [6.45, 7) is 2.49. The molecule has 0 aliphatic rings. The molecule has 0 spiro atoms. The van der Waals surface area contributed by atoms with Gasteiger partial charge in [-0.2, -0.15) is 5.26 Å². The van der Waals surface area contributed by atoms with Crippen LogP contribution in [0, 0.1) is 30.1 Å². The Labute approximate surface area is 135 Å². The van der Waals surface area contributed by atoms with Crippen LogP contribution >= 0.6 is 0 Å². The van der Waals surface area contributed by atoms with Gasteiger partial charge in [-0.15, -0.1) is 0 Å². The van der Waals surface area contributed by atoms with Crippen molar-refractivity contribution >= 4 is 5.91 Å². The second-order valence-electron chi connectivity index (χ2n) is 4.78. The minimum Gasteiger partial charge on any atom is -0.481 e. The molecule has 1 N–H and O–H groups in total. The van der Waals surface area contributed by atoms with Gasteiger partial charge in [0.15, 0.2) is 0 Å². The van der Waals surface area contributed by atoms with Gasteiger partial charge in [0.05, 0.1) is 18.2 Å². The number of nitrogens with one attached hydrogen (secondary N) is 1. The molecule has 0 heterocycles. The number of nitriles is 1. The van der Waals surface area contributed by atoms with Crippen LogP contribution in [-0.2, 0) is 0 Å². The summed E-state index contributed by atoms with van der Waals surface area (Å²) in [7, 11) is 0. The van der Waals surface area contributed by atoms with Gasteiger partial charge in [-0.05, 0) is 42.8 Å². The summed E-state index contributed by atoms with van der Waals surface area (Å²) in [6.07, 6.45) is 0. The monoisotopic (exact) mass is 304 g/mol. The predicted octanol–water partition coefficient (Wildman–Crippen LogP) is 2.68. The minimum absolute atomic E-state index is 0.219. The average Bonchev–Trinajstić information content (AvgIpc) is 2.59. The zero-order chi connectivity index (χ0) is 16.5. The highest BCUT2D eigenvalue weighted by Gasteiger charge is 2.03. The van der Waals surface area contributed by atoms with E-state index in [1.807, 2.05) is 37.3 Å². The standard InChI is InChI=1S/C19H16N2O2/c1-15-6-2-3-7-18(15)23-13-5-4-12-21-19(22)17-10-8-16(14-20)9-11-17/h2-3,6-11H,12-13H2,1H3,(H,21,22). The lowest BCUT2D eigenvalue weighted by atomic mass is 10.1. The second-order valence-corrected chi connectivity index (χ2v) is 4.78. The highest BCUT2D eigenvalue weighted by Crippen LogP contribution is 2.15. The molecule has 2 aromatic carbocycles. The van der Waals surface area contributed by atoms with E-state index in [4.69, 9.17) is 10.00 Å². The van der Waals surface area contributed by atoms with Crippen molar-refractivity contribution in [3.05, 3.63) is 65.2 Å². The number of carbonyl (C=O) groups excluding carboxylic acids is 1. The molecule has 1 amide bonds. The number of ether oxygens (including phenoxy) is 1. The number of benzene rings is 2. The van der Waals surface area contributed by atoms with Crippen LogP contribution in [0.3, 0.4) is 0 Å². The van der Waals surface area contributed by atoms with Gasteiger partial charge in [0.25, 0.3) is 5.91 Å². The fourth-order valence-corrected chi connectivity index (χ4v) is 1.87. The van der Waals surface area contributed by atoms with Gasteiger partial charge in [0, 0.05) is 5.56 Å². The number of aryl methyl sites for hydroxylation is 1. The van der Waals surface area contributed by atoms with Crippen molar-refractivity contribution in [3.63, 3.8) is 0 Å². The molecule has 0 fully saturated rings. The zero-order valence-electron chi connectivity index (χ0n) is 12.8. The van der Waals surface area contributed by atoms with Crippen LogP contribution in [0.2, 0.25) is 0 Å². The van der Waals surface area contributed by atoms with Gasteiger partial charge in [-0.25, -0.2) is 0 Å². The lowest BCUT2D eigenvalue weighted by Gasteiger charge is -2.04. The van der Waals surface area contributed by atoms with Crippen LogP contribution in [-0.4, -0.2) is 19.1 Å². The predicted molar refractivity (Wildman–Crippen MR) is 87.9 cm³/mol. The van der Waals surface area contributed by atoms with Crippen molar-refractivity contribution in [3.8, 4) is 23.7 Å². The molecule has 0 aromatic heterocycles. The SMILES string of the molecule is Cc1ccccc1OCC#CCNC(=O)c1ccc(C#N)cc1. The average molecular weight is 304 g/mol. The summed E-state index contributed by atoms with van der Waals surface area (Å²) >= 11 is 0. The van der Waals surface area contributed by atoms with E-state index in [0.717, 1.165) is 11.3 Å². The summed E-state index contributed by atoms with van der Waals surface area (Å²) < 4.78 is 5.54. The van der Waals surface area contributed by atoms with E-state index < -0.39 is 0 Å². The van der Waals surface area contributed by atoms with Gasteiger partial charge in [0.2, 0.25) is 0 Å². The number of para-hydroxylation sites is 1. The topological polar surface area (TPSA) is 62.1 Å². The van der Waals surface area contributed by atoms with Crippen molar-refractivity contribution in [2.45, 2.75) is 6.92 Å². The van der Waals surface area contributed by atoms with E-state index in [0.29, 0.717) is 11.1 Å². The summed E-state index contributed by atoms with van der Waals surface area (Å²) in [4.78, 5) is 11.9. The van der Waals surface area contributed by atoms with Crippen molar-refractivity contribution < 1.29 is 9.53 Å². The molecule has 4 heteroatoms. The molecule has 114 valence electrons. The van der Waals surface area contributed by atoms with Crippen LogP contribution < -0.4 is 10.1 Å². The zero-order valence-corrected chi connectivity index (χ0v) is 12.8. The lowest BCUT2D eigenvalue weighted by Crippen LogP contribution is -2.23. The first-order valence-electron chi connectivity index (χ1n) is 7.13. The molecule has 0 saturated carbocycles. The van der Waals surface area contributed by atoms with Crippen LogP contribution in [0.1, 0.15) is 21.5 Å². The molecule has 0 bridgehead atoms. The fraction of sp³-hybridized carbons (Fsp3) is 0.158. The summed E-state index contributed by atoms with van der Waals surface area (Å²) in [5.74, 6) is 6.29. The molecule has 0 aliphatic carbocycles. The number of amides is 1. The van der Waals surface area contributed by atoms with Gasteiger partial charge in [0.1, 0.15) is 12.4 Å². The van der Waals surface area contributed by atoms with Gasteiger partial charge in [-0.1, -0.05) is 30.0 Å². The Hall–Kier alpha value is -3.24. The summed E-state index contributed by atoms with van der Waals surface area (Å²) in [5.41, 5.74) is 2.08. The van der Waals surface area contributed by atoms with E-state index in [-0.39, 0.29) is 19.1 Å². The van der Waals surface area contributed by atoms with E-state index in [1.54, 1.807) is 24.3 Å². The highest BCUT2D eigenvalue weighted by molar-refractivity contribution is 5.94. The molecule has 23 heavy (non-hydrogen) atoms. The number of nitrogens with zero attached hydrogens (tertiary/aromatic N) is 1. The van der Waals surface area contributed by atoms with Crippen LogP contribution in [0.4, 0.5) is 0 Å². The fourth-order valence-electron chi connectivity index (χ4n) is 1.87. The first-order valence-corrected chi connectivity index (χ1v) is 7.13. The number of hydrogen-bond donors (Lipinski definition) is 1. The molecular weight excluding hydrogens is 288 g/mol. The smallest absolute Gasteiger partial charge is 0.252 e. The lowest BCUT2D eigenvalue weighted by molar-refractivity contribution is 0.0958. The Morgan fingerprint density at radius 2 is 1.87 bits per heavy atom. The molecule has 0 aliphatic heterocycles. The molecule has 0 saturated heterocycles. The van der Waals surface area contributed by atoms with Crippen molar-refractivity contribution in [2.75, 3.05) is 13.2 Å². The Balaban J connectivity index is 1.76. The van der Waals surface area contributed by atoms with Gasteiger partial charge in [-0.3, -0.25) is 4.79 Å². The number of hydrogen-bond acceptors (Lipinski definition) is 3. The van der Waals surface area contributed by atoms with Crippen LogP contribution in [0.5, 0.6) is 5.75 Å². The van der Waals surface area contributed by atoms with Crippen molar-refractivity contribution in [1.82, 2.24) is 5.32 Å². The maximum absolute atomic E-state index is 11.9.